The van der Waals surface area contributed by atoms with Crippen molar-refractivity contribution in [3.63, 3.8) is 0 Å². The van der Waals surface area contributed by atoms with Crippen LogP contribution in [0.15, 0.2) is 0 Å². The van der Waals surface area contributed by atoms with E-state index in [4.69, 9.17) is 25.5 Å². The van der Waals surface area contributed by atoms with Crippen molar-refractivity contribution in [2.45, 2.75) is 82.8 Å². The molecule has 3 rings (SSSR count). The number of aliphatic hydroxyl groups is 6. The highest BCUT2D eigenvalue weighted by atomic mass is 16.6. The highest BCUT2D eigenvalue weighted by molar-refractivity contribution is 5.97. The molecule has 1 aliphatic carbocycles. The molecule has 0 aromatic heterocycles. The summed E-state index contributed by atoms with van der Waals surface area (Å²) in [4.78, 5) is 34.8. The van der Waals surface area contributed by atoms with Gasteiger partial charge in [0.1, 0.15) is 30.2 Å². The summed E-state index contributed by atoms with van der Waals surface area (Å²) >= 11 is 0. The molecule has 2 heterocycles. The summed E-state index contributed by atoms with van der Waals surface area (Å²) in [6.45, 7) is 3.48. The zero-order valence-electron chi connectivity index (χ0n) is 18.3. The van der Waals surface area contributed by atoms with Gasteiger partial charge in [-0.15, -0.1) is 0 Å². The number of hydrogen-bond donors (Lipinski definition) is 7. The Bertz CT molecular complexity index is 652. The summed E-state index contributed by atoms with van der Waals surface area (Å²) in [6, 6.07) is 0. The number of ether oxygens (including phenoxy) is 1. The molecule has 32 heavy (non-hydrogen) atoms. The Balaban J connectivity index is 0.000000258. The third kappa shape index (κ3) is 6.77. The van der Waals surface area contributed by atoms with E-state index in [9.17, 15) is 19.5 Å². The summed E-state index contributed by atoms with van der Waals surface area (Å²) in [7, 11) is 0. The molecule has 11 nitrogen and oxygen atoms in total. The lowest BCUT2D eigenvalue weighted by Crippen LogP contribution is -2.58. The first-order valence-electron chi connectivity index (χ1n) is 11.0. The molecule has 0 aromatic rings. The topological polar surface area (TPSA) is 194 Å². The van der Waals surface area contributed by atoms with Crippen LogP contribution in [0.5, 0.6) is 0 Å². The molecule has 3 fully saturated rings. The van der Waals surface area contributed by atoms with E-state index in [1.165, 1.54) is 0 Å². The first kappa shape index (κ1) is 26.8. The number of nitrogens with one attached hydrogen (secondary N) is 1. The second-order valence-electron chi connectivity index (χ2n) is 9.25. The summed E-state index contributed by atoms with van der Waals surface area (Å²) in [5.74, 6) is -0.499. The molecule has 184 valence electrons. The third-order valence-corrected chi connectivity index (χ3v) is 6.40. The van der Waals surface area contributed by atoms with Crippen molar-refractivity contribution in [1.29, 1.82) is 0 Å². The zero-order valence-corrected chi connectivity index (χ0v) is 18.3. The minimum absolute atomic E-state index is 0.00492. The van der Waals surface area contributed by atoms with Gasteiger partial charge < -0.3 is 35.4 Å². The number of imide groups is 1. The van der Waals surface area contributed by atoms with Gasteiger partial charge in [-0.2, -0.15) is 0 Å². The minimum Gasteiger partial charge on any atom is -0.394 e. The van der Waals surface area contributed by atoms with Crippen molar-refractivity contribution in [1.82, 2.24) is 5.32 Å². The fraction of sp³-hybridized carbons (Fsp3) is 0.857. The average Bonchev–Trinajstić information content (AvgIpc) is 2.71. The maximum atomic E-state index is 12.2. The van der Waals surface area contributed by atoms with Crippen LogP contribution in [0.25, 0.3) is 0 Å². The van der Waals surface area contributed by atoms with Gasteiger partial charge in [-0.25, -0.2) is 0 Å². The lowest BCUT2D eigenvalue weighted by atomic mass is 9.71. The van der Waals surface area contributed by atoms with Crippen molar-refractivity contribution >= 4 is 17.6 Å². The number of Topliss-reactive ketones (excluding diaryl/α,β-unsaturated/α-hetero) is 1. The van der Waals surface area contributed by atoms with Gasteiger partial charge in [-0.3, -0.25) is 19.7 Å². The number of piperidine rings is 1. The van der Waals surface area contributed by atoms with Crippen LogP contribution in [-0.4, -0.2) is 91.7 Å². The van der Waals surface area contributed by atoms with E-state index in [2.05, 4.69) is 17.0 Å². The van der Waals surface area contributed by atoms with Gasteiger partial charge in [0.05, 0.1) is 12.7 Å². The second-order valence-corrected chi connectivity index (χ2v) is 9.25. The Morgan fingerprint density at radius 1 is 0.969 bits per heavy atom. The van der Waals surface area contributed by atoms with Gasteiger partial charge in [0.2, 0.25) is 11.8 Å². The highest BCUT2D eigenvalue weighted by Crippen LogP contribution is 2.34. The largest absolute Gasteiger partial charge is 0.394 e. The molecular weight excluding hydrogens is 426 g/mol. The summed E-state index contributed by atoms with van der Waals surface area (Å²) in [5.41, 5.74) is 0. The van der Waals surface area contributed by atoms with Crippen LogP contribution in [0, 0.1) is 23.7 Å². The predicted octanol–water partition coefficient (Wildman–Crippen LogP) is -2.18. The Labute approximate surface area is 186 Å². The molecule has 2 aliphatic heterocycles. The molecule has 9 atom stereocenters. The number of ketones is 1. The Hall–Kier alpha value is -1.47. The normalized spacial score (nSPS) is 39.7. The summed E-state index contributed by atoms with van der Waals surface area (Å²) in [6.07, 6.45) is -5.32. The van der Waals surface area contributed by atoms with Gasteiger partial charge in [0, 0.05) is 24.7 Å². The molecule has 0 spiro atoms. The smallest absolute Gasteiger partial charge is 0.226 e. The van der Waals surface area contributed by atoms with Gasteiger partial charge in [0.15, 0.2) is 6.29 Å². The van der Waals surface area contributed by atoms with Crippen LogP contribution in [0.1, 0.15) is 46.0 Å². The first-order valence-corrected chi connectivity index (χ1v) is 11.0. The number of amides is 2. The number of rotatable bonds is 4. The lowest BCUT2D eigenvalue weighted by Gasteiger charge is -2.37. The average molecular weight is 462 g/mol. The van der Waals surface area contributed by atoms with E-state index in [0.717, 1.165) is 6.42 Å². The maximum Gasteiger partial charge on any atom is 0.226 e. The van der Waals surface area contributed by atoms with E-state index in [1.54, 1.807) is 0 Å². The third-order valence-electron chi connectivity index (χ3n) is 6.40. The van der Waals surface area contributed by atoms with Crippen LogP contribution in [0.4, 0.5) is 0 Å². The number of aliphatic hydroxyl groups excluding tert-OH is 6. The van der Waals surface area contributed by atoms with Crippen LogP contribution in [0.3, 0.4) is 0 Å². The van der Waals surface area contributed by atoms with Gasteiger partial charge in [-0.05, 0) is 31.1 Å². The van der Waals surface area contributed by atoms with Gasteiger partial charge >= 0.3 is 0 Å². The van der Waals surface area contributed by atoms with Crippen LogP contribution in [0.2, 0.25) is 0 Å². The van der Waals surface area contributed by atoms with E-state index >= 15 is 0 Å². The molecule has 0 radical (unpaired) electrons. The number of carbonyl (C=O) groups excluding carboxylic acids is 3. The predicted molar refractivity (Wildman–Crippen MR) is 109 cm³/mol. The van der Waals surface area contributed by atoms with E-state index in [1.807, 2.05) is 6.92 Å². The molecule has 7 N–H and O–H groups in total. The van der Waals surface area contributed by atoms with Gasteiger partial charge in [-0.1, -0.05) is 13.8 Å². The van der Waals surface area contributed by atoms with Crippen molar-refractivity contribution in [3.8, 4) is 0 Å². The van der Waals surface area contributed by atoms with Crippen LogP contribution in [-0.2, 0) is 19.1 Å². The lowest BCUT2D eigenvalue weighted by molar-refractivity contribution is -0.286. The summed E-state index contributed by atoms with van der Waals surface area (Å²) < 4.78 is 4.58. The first-order chi connectivity index (χ1) is 14.9. The van der Waals surface area contributed by atoms with Crippen molar-refractivity contribution in [2.24, 2.45) is 23.7 Å². The highest BCUT2D eigenvalue weighted by Gasteiger charge is 2.42. The SMILES string of the molecule is C[C@@H]1C[C@@H]([C@H](O)CC2CC(=O)NC(=O)C2)C(=O)[C@@H](C)C1.OC[C@H]1O[C@@H](O)[C@H](O)[C@@H](O)[C@H]1O. The van der Waals surface area contributed by atoms with Crippen molar-refractivity contribution in [3.05, 3.63) is 0 Å². The molecule has 3 aliphatic rings. The quantitative estimate of drug-likeness (QED) is 0.226. The maximum absolute atomic E-state index is 12.2. The number of hydrogen-bond acceptors (Lipinski definition) is 10. The Morgan fingerprint density at radius 3 is 2.12 bits per heavy atom. The number of carbonyl (C=O) groups is 3. The fourth-order valence-electron chi connectivity index (χ4n) is 4.69. The Kier molecular flexibility index (Phi) is 9.70. The van der Waals surface area contributed by atoms with Crippen molar-refractivity contribution < 1.29 is 49.8 Å². The van der Waals surface area contributed by atoms with E-state index in [0.29, 0.717) is 18.8 Å². The molecule has 0 bridgehead atoms. The van der Waals surface area contributed by atoms with E-state index in [-0.39, 0.29) is 48.2 Å². The zero-order chi connectivity index (χ0) is 24.2. The van der Waals surface area contributed by atoms with Gasteiger partial charge in [0.25, 0.3) is 0 Å². The molecule has 11 heteroatoms. The molecule has 0 unspecified atom stereocenters. The second kappa shape index (κ2) is 11.6. The molecule has 0 aromatic carbocycles. The molecule has 2 amide bonds. The van der Waals surface area contributed by atoms with Crippen molar-refractivity contribution in [2.75, 3.05) is 6.61 Å². The van der Waals surface area contributed by atoms with Crippen LogP contribution < -0.4 is 5.32 Å². The minimum atomic E-state index is -1.57. The standard InChI is InChI=1S/C15H23NO4.C6H12O6/c1-8-3-9(2)15(20)11(4-8)12(17)5-10-6-13(18)16-14(19)7-10;7-1-2-3(8)4(9)5(10)6(11)12-2/h8-12,17H,3-7H2,1-2H3,(H,16,18,19);2-11H,1H2/t8-,9-,11-,12+;2-,3+,4+,5-,6-/m01/s1. The van der Waals surface area contributed by atoms with E-state index < -0.39 is 43.4 Å². The fourth-order valence-corrected chi connectivity index (χ4v) is 4.69. The van der Waals surface area contributed by atoms with Crippen LogP contribution >= 0.6 is 0 Å². The molecule has 1 saturated carbocycles. The molecular formula is C21H35NO10. The Morgan fingerprint density at radius 2 is 1.56 bits per heavy atom. The molecule has 2 saturated heterocycles. The monoisotopic (exact) mass is 461 g/mol. The summed E-state index contributed by atoms with van der Waals surface area (Å²) in [5, 5.41) is 57.3.